The van der Waals surface area contributed by atoms with E-state index in [-0.39, 0.29) is 6.42 Å². The smallest absolute Gasteiger partial charge is 0.305 e. The highest BCUT2D eigenvalue weighted by Crippen LogP contribution is 2.18. The molecule has 0 aliphatic rings. The summed E-state index contributed by atoms with van der Waals surface area (Å²) in [7, 11) is 1.63. The molecule has 7 heteroatoms. The predicted molar refractivity (Wildman–Crippen MR) is 76.8 cm³/mol. The van der Waals surface area contributed by atoms with Crippen molar-refractivity contribution in [2.45, 2.75) is 19.4 Å². The molecule has 0 fully saturated rings. The molecule has 0 spiro atoms. The summed E-state index contributed by atoms with van der Waals surface area (Å²) in [4.78, 5) is 23.3. The van der Waals surface area contributed by atoms with Crippen LogP contribution in [0.25, 0.3) is 0 Å². The maximum absolute atomic E-state index is 13.0. The molecule has 1 atom stereocenters. The van der Waals surface area contributed by atoms with Crippen LogP contribution in [0.4, 0.5) is 4.39 Å². The van der Waals surface area contributed by atoms with Crippen molar-refractivity contribution < 1.29 is 19.1 Å². The maximum Gasteiger partial charge on any atom is 0.305 e. The van der Waals surface area contributed by atoms with E-state index in [1.807, 2.05) is 0 Å². The first kappa shape index (κ1) is 15.7. The molecule has 0 radical (unpaired) electrons. The number of halogens is 1. The molecule has 0 saturated heterocycles. The van der Waals surface area contributed by atoms with Gasteiger partial charge in [0.05, 0.1) is 18.2 Å². The van der Waals surface area contributed by atoms with Crippen molar-refractivity contribution in [1.29, 1.82) is 0 Å². The fraction of sp³-hybridized carbons (Fsp3) is 0.267. The molecular weight excluding hydrogens is 289 g/mol. The van der Waals surface area contributed by atoms with Gasteiger partial charge in [-0.2, -0.15) is 5.10 Å². The number of carboxylic acid groups (broad SMARTS) is 1. The normalized spacial score (nSPS) is 12.0. The zero-order chi connectivity index (χ0) is 16.3. The molecular formula is C15H16FN3O3. The Bertz CT molecular complexity index is 695. The van der Waals surface area contributed by atoms with Crippen LogP contribution in [0.2, 0.25) is 0 Å². The van der Waals surface area contributed by atoms with Gasteiger partial charge in [-0.15, -0.1) is 0 Å². The fourth-order valence-corrected chi connectivity index (χ4v) is 2.18. The summed E-state index contributed by atoms with van der Waals surface area (Å²) in [6, 6.07) is 6.23. The fourth-order valence-electron chi connectivity index (χ4n) is 2.18. The van der Waals surface area contributed by atoms with Gasteiger partial charge in [0.1, 0.15) is 11.5 Å². The summed E-state index contributed by atoms with van der Waals surface area (Å²) in [6.45, 7) is 1.76. The Morgan fingerprint density at radius 2 is 2.00 bits per heavy atom. The third-order valence-corrected chi connectivity index (χ3v) is 3.19. The highest BCUT2D eigenvalue weighted by Gasteiger charge is 2.21. The molecule has 2 aromatic rings. The summed E-state index contributed by atoms with van der Waals surface area (Å²) in [6.07, 6.45) is -0.297. The highest BCUT2D eigenvalue weighted by atomic mass is 19.1. The van der Waals surface area contributed by atoms with Gasteiger partial charge in [-0.25, -0.2) is 4.39 Å². The Morgan fingerprint density at radius 3 is 2.50 bits per heavy atom. The number of carboxylic acids is 1. The Morgan fingerprint density at radius 1 is 1.36 bits per heavy atom. The van der Waals surface area contributed by atoms with E-state index in [1.54, 1.807) is 20.0 Å². The van der Waals surface area contributed by atoms with Crippen LogP contribution in [-0.2, 0) is 11.8 Å². The number of carbonyl (C=O) groups excluding carboxylic acids is 1. The first-order chi connectivity index (χ1) is 10.4. The number of carbonyl (C=O) groups is 2. The van der Waals surface area contributed by atoms with Gasteiger partial charge in [0.25, 0.3) is 5.91 Å². The summed E-state index contributed by atoms with van der Waals surface area (Å²) in [5.74, 6) is -1.92. The zero-order valence-electron chi connectivity index (χ0n) is 12.2. The number of nitrogens with one attached hydrogen (secondary N) is 1. The lowest BCUT2D eigenvalue weighted by molar-refractivity contribution is -0.137. The summed E-state index contributed by atoms with van der Waals surface area (Å²) < 4.78 is 14.4. The SMILES string of the molecule is Cc1cc(C(=O)NC(CC(=O)O)c2ccc(F)cc2)n(C)n1. The van der Waals surface area contributed by atoms with Gasteiger partial charge in [-0.1, -0.05) is 12.1 Å². The lowest BCUT2D eigenvalue weighted by atomic mass is 10.0. The third-order valence-electron chi connectivity index (χ3n) is 3.19. The Hall–Kier alpha value is -2.70. The van der Waals surface area contributed by atoms with E-state index in [2.05, 4.69) is 10.4 Å². The van der Waals surface area contributed by atoms with Crippen molar-refractivity contribution >= 4 is 11.9 Å². The van der Waals surface area contributed by atoms with Crippen LogP contribution in [0.5, 0.6) is 0 Å². The number of hydrogen-bond acceptors (Lipinski definition) is 3. The van der Waals surface area contributed by atoms with Crippen molar-refractivity contribution in [3.05, 3.63) is 53.1 Å². The van der Waals surface area contributed by atoms with E-state index in [0.717, 1.165) is 0 Å². The van der Waals surface area contributed by atoms with E-state index in [1.165, 1.54) is 28.9 Å². The summed E-state index contributed by atoms with van der Waals surface area (Å²) >= 11 is 0. The molecule has 0 aliphatic carbocycles. The first-order valence-corrected chi connectivity index (χ1v) is 6.65. The molecule has 1 amide bonds. The van der Waals surface area contributed by atoms with Gasteiger partial charge >= 0.3 is 5.97 Å². The maximum atomic E-state index is 13.0. The zero-order valence-corrected chi connectivity index (χ0v) is 12.2. The van der Waals surface area contributed by atoms with Crippen molar-refractivity contribution in [3.63, 3.8) is 0 Å². The molecule has 1 heterocycles. The molecule has 1 aromatic carbocycles. The molecule has 2 N–H and O–H groups in total. The van der Waals surface area contributed by atoms with Crippen molar-refractivity contribution in [1.82, 2.24) is 15.1 Å². The molecule has 1 aromatic heterocycles. The molecule has 6 nitrogen and oxygen atoms in total. The average Bonchev–Trinajstić information content (AvgIpc) is 2.77. The van der Waals surface area contributed by atoms with Gasteiger partial charge in [-0.3, -0.25) is 14.3 Å². The first-order valence-electron chi connectivity index (χ1n) is 6.65. The minimum atomic E-state index is -1.06. The number of amides is 1. The van der Waals surface area contributed by atoms with Crippen LogP contribution in [-0.4, -0.2) is 26.8 Å². The van der Waals surface area contributed by atoms with Gasteiger partial charge in [0.15, 0.2) is 0 Å². The van der Waals surface area contributed by atoms with Gasteiger partial charge in [0, 0.05) is 7.05 Å². The summed E-state index contributed by atoms with van der Waals surface area (Å²) in [5, 5.41) is 15.7. The van der Waals surface area contributed by atoms with E-state index >= 15 is 0 Å². The molecule has 116 valence electrons. The second-order valence-corrected chi connectivity index (χ2v) is 4.97. The van der Waals surface area contributed by atoms with Gasteiger partial charge in [0.2, 0.25) is 0 Å². The molecule has 0 aliphatic heterocycles. The number of aliphatic carboxylic acids is 1. The molecule has 2 rings (SSSR count). The van der Waals surface area contributed by atoms with Gasteiger partial charge in [-0.05, 0) is 30.7 Å². The topological polar surface area (TPSA) is 84.2 Å². The molecule has 0 saturated carbocycles. The number of nitrogens with zero attached hydrogens (tertiary/aromatic N) is 2. The van der Waals surface area contributed by atoms with E-state index in [9.17, 15) is 14.0 Å². The second-order valence-electron chi connectivity index (χ2n) is 4.97. The second kappa shape index (κ2) is 6.38. The van der Waals surface area contributed by atoms with Crippen molar-refractivity contribution in [2.24, 2.45) is 7.05 Å². The van der Waals surface area contributed by atoms with Crippen molar-refractivity contribution in [2.75, 3.05) is 0 Å². The number of aromatic nitrogens is 2. The van der Waals surface area contributed by atoms with Gasteiger partial charge < -0.3 is 10.4 Å². The number of rotatable bonds is 5. The minimum absolute atomic E-state index is 0.297. The number of aryl methyl sites for hydroxylation is 2. The van der Waals surface area contributed by atoms with E-state index < -0.39 is 23.7 Å². The van der Waals surface area contributed by atoms with E-state index in [4.69, 9.17) is 5.11 Å². The molecule has 1 unspecified atom stereocenters. The Labute approximate surface area is 126 Å². The number of benzene rings is 1. The monoisotopic (exact) mass is 305 g/mol. The summed E-state index contributed by atoms with van der Waals surface area (Å²) in [5.41, 5.74) is 1.54. The highest BCUT2D eigenvalue weighted by molar-refractivity contribution is 5.93. The predicted octanol–water partition coefficient (Wildman–Crippen LogP) is 1.81. The average molecular weight is 305 g/mol. The van der Waals surface area contributed by atoms with Crippen molar-refractivity contribution in [3.8, 4) is 0 Å². The number of hydrogen-bond donors (Lipinski definition) is 2. The molecule has 22 heavy (non-hydrogen) atoms. The lowest BCUT2D eigenvalue weighted by Gasteiger charge is -2.17. The Kier molecular flexibility index (Phi) is 4.55. The quantitative estimate of drug-likeness (QED) is 0.882. The standard InChI is InChI=1S/C15H16FN3O3/c1-9-7-13(19(2)18-9)15(22)17-12(8-14(20)21)10-3-5-11(16)6-4-10/h3-7,12H,8H2,1-2H3,(H,17,22)(H,20,21). The van der Waals surface area contributed by atoms with E-state index in [0.29, 0.717) is 17.0 Å². The van der Waals surface area contributed by atoms with Crippen LogP contribution in [0.1, 0.15) is 34.2 Å². The largest absolute Gasteiger partial charge is 0.481 e. The van der Waals surface area contributed by atoms with Crippen LogP contribution in [0.3, 0.4) is 0 Å². The van der Waals surface area contributed by atoms with Crippen LogP contribution in [0.15, 0.2) is 30.3 Å². The van der Waals surface area contributed by atoms with Crippen LogP contribution < -0.4 is 5.32 Å². The van der Waals surface area contributed by atoms with Crippen LogP contribution in [0, 0.1) is 12.7 Å². The van der Waals surface area contributed by atoms with Crippen LogP contribution >= 0.6 is 0 Å². The Balaban J connectivity index is 2.23. The minimum Gasteiger partial charge on any atom is -0.481 e. The lowest BCUT2D eigenvalue weighted by Crippen LogP contribution is -2.31. The molecule has 0 bridgehead atoms. The third kappa shape index (κ3) is 3.69.